The average molecular weight is 279 g/mol. The number of hydrogen-bond donors (Lipinski definition) is 1. The van der Waals surface area contributed by atoms with Crippen LogP contribution < -0.4 is 5.32 Å². The van der Waals surface area contributed by atoms with Gasteiger partial charge in [0, 0.05) is 42.9 Å². The van der Waals surface area contributed by atoms with Crippen molar-refractivity contribution in [2.45, 2.75) is 37.5 Å². The number of nitrogens with one attached hydrogen (secondary N) is 1. The Morgan fingerprint density at radius 1 is 1.68 bits per heavy atom. The third-order valence-electron chi connectivity index (χ3n) is 4.00. The van der Waals surface area contributed by atoms with Crippen LogP contribution in [0.4, 0.5) is 0 Å². The van der Waals surface area contributed by atoms with E-state index in [1.54, 1.807) is 10.9 Å². The molecule has 1 aromatic heterocycles. The standard InChI is InChI=1S/C14H21N3OS/c1-2-17-10-12(9-16-17)8-15-13-3-5-18-14(7-13)4-6-19-11-14/h2,9-10,13,15H,1,3-8,11H2/t13-,14+/m0/s1. The summed E-state index contributed by atoms with van der Waals surface area (Å²) in [5.74, 6) is 2.42. The number of aromatic nitrogens is 2. The van der Waals surface area contributed by atoms with Crippen LogP contribution in [0, 0.1) is 0 Å². The van der Waals surface area contributed by atoms with Crippen LogP contribution in [0.25, 0.3) is 6.20 Å². The van der Waals surface area contributed by atoms with Crippen molar-refractivity contribution in [3.05, 3.63) is 24.5 Å². The molecule has 2 atom stereocenters. The van der Waals surface area contributed by atoms with Gasteiger partial charge in [-0.1, -0.05) is 6.58 Å². The quantitative estimate of drug-likeness (QED) is 0.916. The summed E-state index contributed by atoms with van der Waals surface area (Å²) >= 11 is 2.03. The second-order valence-corrected chi connectivity index (χ2v) is 6.52. The number of thioether (sulfide) groups is 1. The van der Waals surface area contributed by atoms with Crippen LogP contribution in [0.15, 0.2) is 19.0 Å². The zero-order valence-corrected chi connectivity index (χ0v) is 12.0. The fourth-order valence-corrected chi connectivity index (χ4v) is 4.27. The molecule has 0 aromatic carbocycles. The molecule has 4 nitrogen and oxygen atoms in total. The monoisotopic (exact) mass is 279 g/mol. The van der Waals surface area contributed by atoms with Crippen LogP contribution in [-0.4, -0.2) is 39.5 Å². The molecule has 3 heterocycles. The normalized spacial score (nSPS) is 30.8. The highest BCUT2D eigenvalue weighted by atomic mass is 32.2. The predicted molar refractivity (Wildman–Crippen MR) is 79.1 cm³/mol. The van der Waals surface area contributed by atoms with Crippen molar-refractivity contribution in [3.63, 3.8) is 0 Å². The third-order valence-corrected chi connectivity index (χ3v) is 5.22. The summed E-state index contributed by atoms with van der Waals surface area (Å²) in [5, 5.41) is 7.85. The molecule has 2 fully saturated rings. The van der Waals surface area contributed by atoms with Crippen LogP contribution >= 0.6 is 11.8 Å². The molecule has 0 unspecified atom stereocenters. The van der Waals surface area contributed by atoms with Crippen molar-refractivity contribution < 1.29 is 4.74 Å². The summed E-state index contributed by atoms with van der Waals surface area (Å²) in [4.78, 5) is 0. The molecule has 5 heteroatoms. The maximum absolute atomic E-state index is 6.04. The van der Waals surface area contributed by atoms with Gasteiger partial charge in [0.25, 0.3) is 0 Å². The second-order valence-electron chi connectivity index (χ2n) is 5.42. The van der Waals surface area contributed by atoms with Gasteiger partial charge < -0.3 is 10.1 Å². The lowest BCUT2D eigenvalue weighted by atomic mass is 9.90. The number of ether oxygens (including phenoxy) is 1. The first-order valence-electron chi connectivity index (χ1n) is 6.90. The van der Waals surface area contributed by atoms with E-state index in [-0.39, 0.29) is 5.60 Å². The average Bonchev–Trinajstić information content (AvgIpc) is 3.06. The highest BCUT2D eigenvalue weighted by Crippen LogP contribution is 2.38. The van der Waals surface area contributed by atoms with Crippen molar-refractivity contribution in [2.24, 2.45) is 0 Å². The van der Waals surface area contributed by atoms with E-state index in [2.05, 4.69) is 17.0 Å². The van der Waals surface area contributed by atoms with E-state index in [0.717, 1.165) is 26.0 Å². The number of hydrogen-bond acceptors (Lipinski definition) is 4. The molecule has 2 saturated heterocycles. The largest absolute Gasteiger partial charge is 0.374 e. The summed E-state index contributed by atoms with van der Waals surface area (Å²) in [6, 6.07) is 0.569. The summed E-state index contributed by atoms with van der Waals surface area (Å²) in [6.07, 6.45) is 9.10. The van der Waals surface area contributed by atoms with E-state index in [0.29, 0.717) is 6.04 Å². The predicted octanol–water partition coefficient (Wildman–Crippen LogP) is 2.13. The van der Waals surface area contributed by atoms with Gasteiger partial charge >= 0.3 is 0 Å². The van der Waals surface area contributed by atoms with Crippen LogP contribution in [0.5, 0.6) is 0 Å². The minimum Gasteiger partial charge on any atom is -0.374 e. The molecule has 0 bridgehead atoms. The first kappa shape index (κ1) is 13.2. The van der Waals surface area contributed by atoms with Gasteiger partial charge in [-0.3, -0.25) is 0 Å². The Hall–Kier alpha value is -0.780. The minimum absolute atomic E-state index is 0.159. The van der Waals surface area contributed by atoms with Gasteiger partial charge in [-0.05, 0) is 25.0 Å². The van der Waals surface area contributed by atoms with Gasteiger partial charge in [-0.2, -0.15) is 16.9 Å². The highest BCUT2D eigenvalue weighted by Gasteiger charge is 2.40. The maximum Gasteiger partial charge on any atom is 0.0795 e. The Morgan fingerprint density at radius 2 is 2.63 bits per heavy atom. The van der Waals surface area contributed by atoms with Gasteiger partial charge in [0.1, 0.15) is 0 Å². The Kier molecular flexibility index (Phi) is 3.96. The summed E-state index contributed by atoms with van der Waals surface area (Å²) in [6.45, 7) is 5.47. The number of rotatable bonds is 4. The Labute approximate surface area is 118 Å². The van der Waals surface area contributed by atoms with Crippen molar-refractivity contribution in [2.75, 3.05) is 18.1 Å². The maximum atomic E-state index is 6.04. The molecule has 1 spiro atoms. The van der Waals surface area contributed by atoms with Crippen molar-refractivity contribution in [3.8, 4) is 0 Å². The molecule has 1 aromatic rings. The van der Waals surface area contributed by atoms with E-state index in [9.17, 15) is 0 Å². The van der Waals surface area contributed by atoms with E-state index in [1.165, 1.54) is 23.5 Å². The van der Waals surface area contributed by atoms with Crippen molar-refractivity contribution >= 4 is 18.0 Å². The van der Waals surface area contributed by atoms with E-state index in [4.69, 9.17) is 4.74 Å². The molecule has 0 aliphatic carbocycles. The summed E-state index contributed by atoms with van der Waals surface area (Å²) in [7, 11) is 0. The molecule has 0 radical (unpaired) electrons. The second kappa shape index (κ2) is 5.69. The first-order chi connectivity index (χ1) is 9.30. The molecule has 2 aliphatic rings. The molecule has 0 saturated carbocycles. The van der Waals surface area contributed by atoms with E-state index < -0.39 is 0 Å². The Morgan fingerprint density at radius 3 is 3.37 bits per heavy atom. The van der Waals surface area contributed by atoms with Gasteiger partial charge in [0.15, 0.2) is 0 Å². The molecule has 19 heavy (non-hydrogen) atoms. The smallest absolute Gasteiger partial charge is 0.0795 e. The lowest BCUT2D eigenvalue weighted by Crippen LogP contribution is -2.47. The minimum atomic E-state index is 0.159. The number of nitrogens with zero attached hydrogens (tertiary/aromatic N) is 2. The van der Waals surface area contributed by atoms with Crippen LogP contribution in [0.1, 0.15) is 24.8 Å². The van der Waals surface area contributed by atoms with Gasteiger partial charge in [-0.15, -0.1) is 0 Å². The summed E-state index contributed by atoms with van der Waals surface area (Å²) in [5.41, 5.74) is 1.37. The lowest BCUT2D eigenvalue weighted by molar-refractivity contribution is -0.0703. The lowest BCUT2D eigenvalue weighted by Gasteiger charge is -2.38. The topological polar surface area (TPSA) is 39.1 Å². The fourth-order valence-electron chi connectivity index (χ4n) is 2.90. The Bertz CT molecular complexity index is 440. The third kappa shape index (κ3) is 3.04. The van der Waals surface area contributed by atoms with Crippen molar-refractivity contribution in [1.82, 2.24) is 15.1 Å². The van der Waals surface area contributed by atoms with Gasteiger partial charge in [-0.25, -0.2) is 4.68 Å². The van der Waals surface area contributed by atoms with Crippen LogP contribution in [-0.2, 0) is 11.3 Å². The van der Waals surface area contributed by atoms with Crippen LogP contribution in [0.2, 0.25) is 0 Å². The Balaban J connectivity index is 1.53. The molecular weight excluding hydrogens is 258 g/mol. The molecule has 0 amide bonds. The highest BCUT2D eigenvalue weighted by molar-refractivity contribution is 7.99. The van der Waals surface area contributed by atoms with E-state index >= 15 is 0 Å². The fraction of sp³-hybridized carbons (Fsp3) is 0.643. The van der Waals surface area contributed by atoms with Gasteiger partial charge in [0.05, 0.1) is 11.8 Å². The van der Waals surface area contributed by atoms with Crippen molar-refractivity contribution in [1.29, 1.82) is 0 Å². The molecule has 2 aliphatic heterocycles. The molecule has 3 rings (SSSR count). The van der Waals surface area contributed by atoms with E-state index in [1.807, 2.05) is 24.2 Å². The van der Waals surface area contributed by atoms with Crippen LogP contribution in [0.3, 0.4) is 0 Å². The summed E-state index contributed by atoms with van der Waals surface area (Å²) < 4.78 is 7.79. The zero-order valence-electron chi connectivity index (χ0n) is 11.2. The molecule has 104 valence electrons. The first-order valence-corrected chi connectivity index (χ1v) is 8.06. The van der Waals surface area contributed by atoms with Gasteiger partial charge in [0.2, 0.25) is 0 Å². The molecular formula is C14H21N3OS. The SMILES string of the molecule is C=Cn1cc(CN[C@H]2CCO[C@]3(CCSC3)C2)cn1. The zero-order chi connectivity index (χ0) is 13.1. The molecule has 1 N–H and O–H groups in total.